The maximum absolute atomic E-state index is 11.6. The number of H-pyrrole nitrogens is 1. The highest BCUT2D eigenvalue weighted by atomic mass is 16.1. The van der Waals surface area contributed by atoms with Crippen LogP contribution in [0.25, 0.3) is 0 Å². The van der Waals surface area contributed by atoms with E-state index in [1.807, 2.05) is 14.0 Å². The Kier molecular flexibility index (Phi) is 3.94. The van der Waals surface area contributed by atoms with Gasteiger partial charge in [0.05, 0.1) is 0 Å². The molecule has 0 unspecified atom stereocenters. The van der Waals surface area contributed by atoms with Crippen LogP contribution < -0.4 is 10.5 Å². The Morgan fingerprint density at radius 1 is 1.37 bits per heavy atom. The van der Waals surface area contributed by atoms with Crippen molar-refractivity contribution in [1.29, 1.82) is 0 Å². The summed E-state index contributed by atoms with van der Waals surface area (Å²) in [5, 5.41) is 0. The van der Waals surface area contributed by atoms with Gasteiger partial charge in [-0.15, -0.1) is 0 Å². The minimum atomic E-state index is -0.0683. The van der Waals surface area contributed by atoms with Crippen molar-refractivity contribution < 1.29 is 0 Å². The molecule has 1 aliphatic rings. The average molecular weight is 264 g/mol. The summed E-state index contributed by atoms with van der Waals surface area (Å²) in [7, 11) is 6.29. The number of aryl methyl sites for hydroxylation is 1. The topological polar surface area (TPSA) is 52.2 Å². The highest BCUT2D eigenvalue weighted by Crippen LogP contribution is 2.37. The molecule has 0 aromatic carbocycles. The van der Waals surface area contributed by atoms with Gasteiger partial charge >= 0.3 is 0 Å². The fourth-order valence-corrected chi connectivity index (χ4v) is 2.71. The molecule has 1 N–H and O–H groups in total. The second-order valence-electron chi connectivity index (χ2n) is 5.73. The quantitative estimate of drug-likeness (QED) is 0.869. The third-order valence-corrected chi connectivity index (χ3v) is 4.27. The van der Waals surface area contributed by atoms with Gasteiger partial charge in [0.1, 0.15) is 11.6 Å². The zero-order valence-corrected chi connectivity index (χ0v) is 12.4. The Morgan fingerprint density at radius 2 is 2.05 bits per heavy atom. The second-order valence-corrected chi connectivity index (χ2v) is 5.73. The zero-order chi connectivity index (χ0) is 14.0. The third-order valence-electron chi connectivity index (χ3n) is 4.27. The lowest BCUT2D eigenvalue weighted by Gasteiger charge is -2.49. The standard InChI is InChI=1S/C14H24N4O/c1-5-11-15-12(9-13(19)16-11)18(4)10-14(17(2)3)7-6-8-14/h9H,5-8,10H2,1-4H3,(H,15,16,19). The summed E-state index contributed by atoms with van der Waals surface area (Å²) in [6.07, 6.45) is 4.47. The number of likely N-dealkylation sites (N-methyl/N-ethyl adjacent to an activating group) is 2. The van der Waals surface area contributed by atoms with Crippen molar-refractivity contribution in [2.24, 2.45) is 0 Å². The first-order valence-corrected chi connectivity index (χ1v) is 6.96. The van der Waals surface area contributed by atoms with Gasteiger partial charge in [0.2, 0.25) is 0 Å². The van der Waals surface area contributed by atoms with Gasteiger partial charge in [-0.25, -0.2) is 4.98 Å². The SMILES string of the molecule is CCc1nc(N(C)CC2(N(C)C)CCC2)cc(=O)[nH]1. The molecule has 1 fully saturated rings. The molecule has 0 saturated heterocycles. The lowest BCUT2D eigenvalue weighted by Crippen LogP contribution is -2.57. The van der Waals surface area contributed by atoms with Crippen LogP contribution in [0.4, 0.5) is 5.82 Å². The molecule has 0 radical (unpaired) electrons. The van der Waals surface area contributed by atoms with Crippen LogP contribution in [0.1, 0.15) is 32.0 Å². The van der Waals surface area contributed by atoms with E-state index in [4.69, 9.17) is 0 Å². The molecule has 106 valence electrons. The number of hydrogen-bond donors (Lipinski definition) is 1. The van der Waals surface area contributed by atoms with Crippen molar-refractivity contribution in [1.82, 2.24) is 14.9 Å². The van der Waals surface area contributed by atoms with Crippen LogP contribution in [-0.4, -0.2) is 48.1 Å². The number of nitrogens with zero attached hydrogens (tertiary/aromatic N) is 3. The summed E-state index contributed by atoms with van der Waals surface area (Å²) in [6, 6.07) is 1.58. The Balaban J connectivity index is 2.17. The van der Waals surface area contributed by atoms with Crippen molar-refractivity contribution in [2.45, 2.75) is 38.1 Å². The molecule has 0 aliphatic heterocycles. The van der Waals surface area contributed by atoms with Crippen LogP contribution >= 0.6 is 0 Å². The van der Waals surface area contributed by atoms with Crippen LogP contribution in [0.2, 0.25) is 0 Å². The number of aromatic nitrogens is 2. The van der Waals surface area contributed by atoms with Crippen LogP contribution in [0.15, 0.2) is 10.9 Å². The van der Waals surface area contributed by atoms with Gasteiger partial charge in [0, 0.05) is 31.6 Å². The number of nitrogens with one attached hydrogen (secondary N) is 1. The van der Waals surface area contributed by atoms with Gasteiger partial charge in [-0.1, -0.05) is 6.92 Å². The summed E-state index contributed by atoms with van der Waals surface area (Å²) in [5.74, 6) is 1.52. The van der Waals surface area contributed by atoms with E-state index in [0.717, 1.165) is 24.6 Å². The first-order chi connectivity index (χ1) is 8.97. The molecule has 1 aromatic rings. The van der Waals surface area contributed by atoms with Crippen molar-refractivity contribution >= 4 is 5.82 Å². The molecular weight excluding hydrogens is 240 g/mol. The fourth-order valence-electron chi connectivity index (χ4n) is 2.71. The average Bonchev–Trinajstić information content (AvgIpc) is 2.32. The van der Waals surface area contributed by atoms with Crippen molar-refractivity contribution in [3.05, 3.63) is 22.2 Å². The van der Waals surface area contributed by atoms with E-state index >= 15 is 0 Å². The van der Waals surface area contributed by atoms with Crippen LogP contribution in [0.5, 0.6) is 0 Å². The third kappa shape index (κ3) is 2.81. The highest BCUT2D eigenvalue weighted by Gasteiger charge is 2.40. The molecule has 1 heterocycles. The van der Waals surface area contributed by atoms with Crippen LogP contribution in [-0.2, 0) is 6.42 Å². The van der Waals surface area contributed by atoms with E-state index in [-0.39, 0.29) is 11.1 Å². The Labute approximate surface area is 114 Å². The predicted octanol–water partition coefficient (Wildman–Crippen LogP) is 1.25. The summed E-state index contributed by atoms with van der Waals surface area (Å²) in [6.45, 7) is 2.91. The molecule has 0 spiro atoms. The van der Waals surface area contributed by atoms with Crippen molar-refractivity contribution in [2.75, 3.05) is 32.6 Å². The molecule has 19 heavy (non-hydrogen) atoms. The molecule has 5 nitrogen and oxygen atoms in total. The number of hydrogen-bond acceptors (Lipinski definition) is 4. The first kappa shape index (κ1) is 14.1. The second kappa shape index (κ2) is 5.33. The monoisotopic (exact) mass is 264 g/mol. The maximum atomic E-state index is 11.6. The number of rotatable bonds is 5. The molecule has 0 bridgehead atoms. The van der Waals surface area contributed by atoms with E-state index in [1.54, 1.807) is 6.07 Å². The van der Waals surface area contributed by atoms with E-state index in [1.165, 1.54) is 19.3 Å². The van der Waals surface area contributed by atoms with E-state index in [9.17, 15) is 4.79 Å². The fraction of sp³-hybridized carbons (Fsp3) is 0.714. The van der Waals surface area contributed by atoms with Gasteiger partial charge in [-0.05, 0) is 33.4 Å². The van der Waals surface area contributed by atoms with E-state index < -0.39 is 0 Å². The summed E-state index contributed by atoms with van der Waals surface area (Å²) < 4.78 is 0. The molecule has 0 amide bonds. The van der Waals surface area contributed by atoms with E-state index in [0.29, 0.717) is 0 Å². The predicted molar refractivity (Wildman–Crippen MR) is 77.8 cm³/mol. The minimum absolute atomic E-state index is 0.0683. The lowest BCUT2D eigenvalue weighted by atomic mass is 9.75. The number of aromatic amines is 1. The zero-order valence-electron chi connectivity index (χ0n) is 12.4. The van der Waals surface area contributed by atoms with Gasteiger partial charge in [0.15, 0.2) is 0 Å². The Hall–Kier alpha value is -1.36. The Bertz CT molecular complexity index is 490. The molecule has 2 rings (SSSR count). The minimum Gasteiger partial charge on any atom is -0.358 e. The molecule has 0 atom stereocenters. The molecule has 1 aromatic heterocycles. The Morgan fingerprint density at radius 3 is 2.53 bits per heavy atom. The summed E-state index contributed by atoms with van der Waals surface area (Å²) >= 11 is 0. The summed E-state index contributed by atoms with van der Waals surface area (Å²) in [5.41, 5.74) is 0.173. The van der Waals surface area contributed by atoms with Gasteiger partial charge in [0.25, 0.3) is 5.56 Å². The number of anilines is 1. The largest absolute Gasteiger partial charge is 0.358 e. The highest BCUT2D eigenvalue weighted by molar-refractivity contribution is 5.37. The van der Waals surface area contributed by atoms with Gasteiger partial charge in [-0.3, -0.25) is 4.79 Å². The normalized spacial score (nSPS) is 17.3. The molecule has 1 aliphatic carbocycles. The first-order valence-electron chi connectivity index (χ1n) is 6.96. The molecular formula is C14H24N4O. The molecule has 5 heteroatoms. The van der Waals surface area contributed by atoms with Crippen molar-refractivity contribution in [3.63, 3.8) is 0 Å². The van der Waals surface area contributed by atoms with Crippen LogP contribution in [0, 0.1) is 0 Å². The summed E-state index contributed by atoms with van der Waals surface area (Å²) in [4.78, 5) is 23.3. The van der Waals surface area contributed by atoms with Crippen LogP contribution in [0.3, 0.4) is 0 Å². The maximum Gasteiger partial charge on any atom is 0.252 e. The van der Waals surface area contributed by atoms with Gasteiger partial charge < -0.3 is 14.8 Å². The lowest BCUT2D eigenvalue weighted by molar-refractivity contribution is 0.0681. The molecule has 1 saturated carbocycles. The van der Waals surface area contributed by atoms with Gasteiger partial charge in [-0.2, -0.15) is 0 Å². The smallest absolute Gasteiger partial charge is 0.252 e. The van der Waals surface area contributed by atoms with Crippen molar-refractivity contribution in [3.8, 4) is 0 Å². The van der Waals surface area contributed by atoms with E-state index in [2.05, 4.69) is 33.9 Å².